The van der Waals surface area contributed by atoms with Crippen molar-refractivity contribution in [3.63, 3.8) is 0 Å². The Morgan fingerprint density at radius 2 is 1.58 bits per heavy atom. The summed E-state index contributed by atoms with van der Waals surface area (Å²) in [5, 5.41) is 0.0688. The minimum Gasteiger partial charge on any atom is -0.460 e. The van der Waals surface area contributed by atoms with Gasteiger partial charge in [-0.05, 0) is 58.2 Å². The normalized spacial score (nSPS) is 17.4. The lowest BCUT2D eigenvalue weighted by Gasteiger charge is -2.43. The second kappa shape index (κ2) is 12.4. The number of hydrogen-bond donors (Lipinski definition) is 0. The van der Waals surface area contributed by atoms with Gasteiger partial charge in [0.25, 0.3) is 0 Å². The number of carbonyl (C=O) groups is 2. The fourth-order valence-electron chi connectivity index (χ4n) is 3.16. The lowest BCUT2D eigenvalue weighted by atomic mass is 9.86. The lowest BCUT2D eigenvalue weighted by Crippen LogP contribution is -2.50. The third-order valence-corrected chi connectivity index (χ3v) is 11.3. The maximum atomic E-state index is 13.1. The molecule has 0 rings (SSSR count). The number of nitrogens with zero attached hydrogens (tertiary/aromatic N) is 1. The molecule has 0 aromatic heterocycles. The Hall–Kier alpha value is -1.34. The molecule has 6 nitrogen and oxygen atoms in total. The molecule has 0 radical (unpaired) electrons. The summed E-state index contributed by atoms with van der Waals surface area (Å²) in [7, 11) is -0.476. The van der Waals surface area contributed by atoms with E-state index in [0.717, 1.165) is 6.42 Å². The van der Waals surface area contributed by atoms with Crippen molar-refractivity contribution >= 4 is 20.4 Å². The molecular weight excluding hydrogens is 434 g/mol. The van der Waals surface area contributed by atoms with Crippen molar-refractivity contribution in [2.45, 2.75) is 124 Å². The Bertz CT molecular complexity index is 650. The van der Waals surface area contributed by atoms with Crippen LogP contribution in [0.2, 0.25) is 18.1 Å². The summed E-state index contributed by atoms with van der Waals surface area (Å²) >= 11 is 0. The average Bonchev–Trinajstić information content (AvgIpc) is 2.66. The van der Waals surface area contributed by atoms with Crippen molar-refractivity contribution in [3.8, 4) is 0 Å². The van der Waals surface area contributed by atoms with Gasteiger partial charge in [-0.2, -0.15) is 0 Å². The summed E-state index contributed by atoms with van der Waals surface area (Å²) in [6, 6.07) is -0.766. The van der Waals surface area contributed by atoms with E-state index < -0.39 is 32.0 Å². The van der Waals surface area contributed by atoms with Crippen molar-refractivity contribution in [2.75, 3.05) is 7.05 Å². The molecule has 0 aromatic carbocycles. The molecule has 194 valence electrons. The molecule has 0 aliphatic rings. The number of rotatable bonds is 11. The monoisotopic (exact) mass is 485 g/mol. The summed E-state index contributed by atoms with van der Waals surface area (Å²) in [5.41, 5.74) is -0.637. The van der Waals surface area contributed by atoms with Crippen LogP contribution >= 0.6 is 0 Å². The maximum Gasteiger partial charge on any atom is 0.410 e. The fourth-order valence-corrected chi connectivity index (χ4v) is 4.58. The second-order valence-electron chi connectivity index (χ2n) is 11.9. The van der Waals surface area contributed by atoms with Crippen LogP contribution in [0.1, 0.15) is 82.1 Å². The number of likely N-dealkylation sites (N-methyl/N-ethyl adjacent to an activating group) is 1. The third-order valence-electron chi connectivity index (χ3n) is 6.82. The zero-order valence-electron chi connectivity index (χ0n) is 23.6. The highest BCUT2D eigenvalue weighted by molar-refractivity contribution is 6.74. The van der Waals surface area contributed by atoms with E-state index in [1.807, 2.05) is 6.08 Å². The minimum absolute atomic E-state index is 0.0324. The molecule has 0 fully saturated rings. The smallest absolute Gasteiger partial charge is 0.410 e. The van der Waals surface area contributed by atoms with E-state index in [1.165, 1.54) is 4.90 Å². The van der Waals surface area contributed by atoms with Gasteiger partial charge in [0.05, 0.1) is 6.10 Å². The van der Waals surface area contributed by atoms with E-state index in [2.05, 4.69) is 61.2 Å². The van der Waals surface area contributed by atoms with Gasteiger partial charge in [-0.1, -0.05) is 54.0 Å². The Kier molecular flexibility index (Phi) is 11.9. The van der Waals surface area contributed by atoms with Gasteiger partial charge in [-0.3, -0.25) is 4.90 Å². The quantitative estimate of drug-likeness (QED) is 0.183. The summed E-state index contributed by atoms with van der Waals surface area (Å²) in [6.07, 6.45) is 2.43. The topological polar surface area (TPSA) is 65.1 Å². The molecule has 1 amide bonds. The van der Waals surface area contributed by atoms with Crippen LogP contribution < -0.4 is 0 Å². The van der Waals surface area contributed by atoms with Crippen LogP contribution in [0.25, 0.3) is 0 Å². The van der Waals surface area contributed by atoms with Crippen molar-refractivity contribution in [3.05, 3.63) is 12.7 Å². The Morgan fingerprint density at radius 3 is 1.97 bits per heavy atom. The van der Waals surface area contributed by atoms with Crippen LogP contribution in [0, 0.1) is 11.8 Å². The highest BCUT2D eigenvalue weighted by Gasteiger charge is 2.42. The van der Waals surface area contributed by atoms with Gasteiger partial charge in [0.15, 0.2) is 8.32 Å². The Labute approximate surface area is 204 Å². The van der Waals surface area contributed by atoms with Crippen LogP contribution in [0.15, 0.2) is 12.7 Å². The zero-order valence-corrected chi connectivity index (χ0v) is 24.6. The van der Waals surface area contributed by atoms with Crippen LogP contribution in [0.4, 0.5) is 4.79 Å². The molecule has 0 saturated carbocycles. The van der Waals surface area contributed by atoms with Gasteiger partial charge in [-0.15, -0.1) is 6.58 Å². The van der Waals surface area contributed by atoms with Gasteiger partial charge in [0.2, 0.25) is 0 Å². The molecule has 0 N–H and O–H groups in total. The summed E-state index contributed by atoms with van der Waals surface area (Å²) in [5.74, 6) is -0.335. The first kappa shape index (κ1) is 31.7. The van der Waals surface area contributed by atoms with Gasteiger partial charge >= 0.3 is 12.1 Å². The molecule has 33 heavy (non-hydrogen) atoms. The maximum absolute atomic E-state index is 13.1. The number of carbonyl (C=O) groups excluding carboxylic acids is 2. The standard InChI is InChI=1S/C26H51NO5Si/c1-15-17-21(32-33(13,14)26(9,10)11)19(4)22(18(3)16-2)30-23(28)20(5)27(12)24(29)31-25(6,7)8/h15,18-22H,1,16-17H2,2-14H3/t18-,19-,20+,21-,22+/m0/s1. The molecule has 0 aromatic rings. The van der Waals surface area contributed by atoms with E-state index in [4.69, 9.17) is 13.9 Å². The first-order valence-electron chi connectivity index (χ1n) is 12.2. The van der Waals surface area contributed by atoms with Gasteiger partial charge in [-0.25, -0.2) is 9.59 Å². The van der Waals surface area contributed by atoms with Gasteiger partial charge in [0.1, 0.15) is 17.7 Å². The molecule has 5 atom stereocenters. The highest BCUT2D eigenvalue weighted by Crippen LogP contribution is 2.39. The van der Waals surface area contributed by atoms with E-state index >= 15 is 0 Å². The molecule has 0 unspecified atom stereocenters. The molecule has 0 aliphatic heterocycles. The summed E-state index contributed by atoms with van der Waals surface area (Å²) in [4.78, 5) is 26.8. The van der Waals surface area contributed by atoms with Gasteiger partial charge < -0.3 is 13.9 Å². The van der Waals surface area contributed by atoms with E-state index in [9.17, 15) is 9.59 Å². The Morgan fingerprint density at radius 1 is 1.06 bits per heavy atom. The molecule has 0 spiro atoms. The minimum atomic E-state index is -2.03. The van der Waals surface area contributed by atoms with Crippen LogP contribution in [0.5, 0.6) is 0 Å². The fraction of sp³-hybridized carbons (Fsp3) is 0.846. The predicted molar refractivity (Wildman–Crippen MR) is 139 cm³/mol. The van der Waals surface area contributed by atoms with E-state index in [-0.39, 0.29) is 29.1 Å². The molecule has 0 bridgehead atoms. The number of esters is 1. The number of hydrogen-bond acceptors (Lipinski definition) is 5. The molecule has 0 heterocycles. The largest absolute Gasteiger partial charge is 0.460 e. The lowest BCUT2D eigenvalue weighted by molar-refractivity contribution is -0.162. The third kappa shape index (κ3) is 9.81. The SMILES string of the molecule is C=CC[C@H](O[Si](C)(C)C(C)(C)C)[C@H](C)[C@H](OC(=O)[C@@H](C)N(C)C(=O)OC(C)(C)C)[C@@H](C)CC. The van der Waals surface area contributed by atoms with Crippen molar-refractivity contribution in [1.82, 2.24) is 4.90 Å². The molecule has 0 aliphatic carbocycles. The first-order valence-corrected chi connectivity index (χ1v) is 15.1. The zero-order chi connectivity index (χ0) is 26.4. The predicted octanol–water partition coefficient (Wildman–Crippen LogP) is 6.80. The van der Waals surface area contributed by atoms with Gasteiger partial charge in [0, 0.05) is 13.0 Å². The summed E-state index contributed by atoms with van der Waals surface area (Å²) < 4.78 is 18.2. The number of ether oxygens (including phenoxy) is 2. The average molecular weight is 486 g/mol. The molecular formula is C26H51NO5Si. The number of amides is 1. The van der Waals surface area contributed by atoms with Crippen molar-refractivity contribution in [1.29, 1.82) is 0 Å². The van der Waals surface area contributed by atoms with Crippen LogP contribution in [-0.4, -0.2) is 56.2 Å². The van der Waals surface area contributed by atoms with E-state index in [1.54, 1.807) is 34.7 Å². The van der Waals surface area contributed by atoms with Crippen molar-refractivity contribution in [2.24, 2.45) is 11.8 Å². The molecule has 7 heteroatoms. The summed E-state index contributed by atoms with van der Waals surface area (Å²) in [6.45, 7) is 28.4. The highest BCUT2D eigenvalue weighted by atomic mass is 28.4. The Balaban J connectivity index is 5.70. The molecule has 0 saturated heterocycles. The first-order chi connectivity index (χ1) is 14.8. The second-order valence-corrected chi connectivity index (χ2v) is 16.6. The van der Waals surface area contributed by atoms with Crippen LogP contribution in [0.3, 0.4) is 0 Å². The van der Waals surface area contributed by atoms with Crippen molar-refractivity contribution < 1.29 is 23.5 Å². The van der Waals surface area contributed by atoms with E-state index in [0.29, 0.717) is 6.42 Å². The van der Waals surface area contributed by atoms with Crippen LogP contribution in [-0.2, 0) is 18.7 Å².